The lowest BCUT2D eigenvalue weighted by atomic mass is 9.82. The summed E-state index contributed by atoms with van der Waals surface area (Å²) in [4.78, 5) is 0. The molecule has 0 aliphatic heterocycles. The highest BCUT2D eigenvalue weighted by atomic mass is 16.3. The van der Waals surface area contributed by atoms with Crippen LogP contribution in [0.1, 0.15) is 75.5 Å². The van der Waals surface area contributed by atoms with Crippen molar-refractivity contribution in [3.8, 4) is 33.5 Å². The highest BCUT2D eigenvalue weighted by Crippen LogP contribution is 2.43. The predicted molar refractivity (Wildman–Crippen MR) is 174 cm³/mol. The smallest absolute Gasteiger partial charge is 0.216 e. The van der Waals surface area contributed by atoms with E-state index in [1.807, 2.05) is 78.1 Å². The van der Waals surface area contributed by atoms with E-state index in [2.05, 4.69) is 36.4 Å². The van der Waals surface area contributed by atoms with Gasteiger partial charge in [0.25, 0.3) is 0 Å². The molecule has 2 heterocycles. The van der Waals surface area contributed by atoms with Gasteiger partial charge < -0.3 is 4.42 Å². The van der Waals surface area contributed by atoms with Gasteiger partial charge in [0.05, 0.1) is 5.56 Å². The van der Waals surface area contributed by atoms with E-state index in [0.29, 0.717) is 16.7 Å². The average molecular weight is 545 g/mol. The molecule has 0 saturated carbocycles. The van der Waals surface area contributed by atoms with Gasteiger partial charge >= 0.3 is 0 Å². The topological polar surface area (TPSA) is 17.0 Å². The van der Waals surface area contributed by atoms with E-state index in [9.17, 15) is 2.74 Å². The molecule has 0 saturated heterocycles. The molecule has 41 heavy (non-hydrogen) atoms. The Morgan fingerprint density at radius 2 is 1.41 bits per heavy atom. The van der Waals surface area contributed by atoms with Crippen LogP contribution in [0.2, 0.25) is 0 Å². The monoisotopic (exact) mass is 544 g/mol. The maximum absolute atomic E-state index is 9.19. The lowest BCUT2D eigenvalue weighted by Gasteiger charge is -2.22. The third kappa shape index (κ3) is 4.66. The summed E-state index contributed by atoms with van der Waals surface area (Å²) in [6, 6.07) is 26.3. The van der Waals surface area contributed by atoms with Crippen LogP contribution >= 0.6 is 0 Å². The summed E-state index contributed by atoms with van der Waals surface area (Å²) in [7, 11) is 1.82. The number of nitrogens with zero attached hydrogens (tertiary/aromatic N) is 1. The zero-order valence-corrected chi connectivity index (χ0v) is 24.6. The van der Waals surface area contributed by atoms with Gasteiger partial charge in [0.2, 0.25) is 5.69 Å². The van der Waals surface area contributed by atoms with Crippen molar-refractivity contribution in [3.05, 3.63) is 113 Å². The summed E-state index contributed by atoms with van der Waals surface area (Å²) in [5, 5.41) is 1.87. The largest absolute Gasteiger partial charge is 0.455 e. The van der Waals surface area contributed by atoms with Gasteiger partial charge in [-0.1, -0.05) is 88.4 Å². The molecule has 0 bridgehead atoms. The molecule has 206 valence electrons. The first-order valence-corrected chi connectivity index (χ1v) is 14.0. The third-order valence-electron chi connectivity index (χ3n) is 8.08. The van der Waals surface area contributed by atoms with Crippen molar-refractivity contribution >= 4 is 21.9 Å². The first-order chi connectivity index (χ1) is 22.0. The number of furan rings is 1. The van der Waals surface area contributed by atoms with Crippen molar-refractivity contribution in [2.45, 2.75) is 60.2 Å². The van der Waals surface area contributed by atoms with Crippen LogP contribution in [-0.4, -0.2) is 0 Å². The summed E-state index contributed by atoms with van der Waals surface area (Å²) in [6.07, 6.45) is 1.61. The molecule has 0 spiro atoms. The lowest BCUT2D eigenvalue weighted by Crippen LogP contribution is -2.31. The normalized spacial score (nSPS) is 14.8. The van der Waals surface area contributed by atoms with Crippen LogP contribution in [-0.2, 0) is 7.05 Å². The van der Waals surface area contributed by atoms with Gasteiger partial charge in [-0.3, -0.25) is 0 Å². The summed E-state index contributed by atoms with van der Waals surface area (Å²) >= 11 is 0. The number of benzene rings is 4. The molecule has 2 heteroatoms. The first kappa shape index (κ1) is 20.7. The number of aromatic nitrogens is 1. The zero-order chi connectivity index (χ0) is 34.1. The molecular weight excluding hydrogens is 498 g/mol. The molecule has 4 aromatic carbocycles. The maximum atomic E-state index is 9.19. The SMILES string of the molecule is [2H]Cc1cc(-c2c(C)ccc3c2oc2cc(-c4c(C([2H])(C)C)cc(-c5ccccc5)cc4C([2H])(C)C)ccc23)[n+](C)cc1C([2H])([2H])[2H]. The Morgan fingerprint density at radius 3 is 2.07 bits per heavy atom. The molecule has 0 aliphatic carbocycles. The van der Waals surface area contributed by atoms with E-state index >= 15 is 0 Å². The van der Waals surface area contributed by atoms with E-state index in [-0.39, 0.29) is 12.5 Å². The van der Waals surface area contributed by atoms with Gasteiger partial charge in [-0.05, 0) is 89.1 Å². The molecule has 0 aliphatic rings. The van der Waals surface area contributed by atoms with Crippen molar-refractivity contribution in [3.63, 3.8) is 0 Å². The van der Waals surface area contributed by atoms with Gasteiger partial charge in [-0.15, -0.1) is 0 Å². The fraction of sp³-hybridized carbons (Fsp3) is 0.256. The molecule has 6 aromatic rings. The highest BCUT2D eigenvalue weighted by Gasteiger charge is 2.23. The van der Waals surface area contributed by atoms with Gasteiger partial charge in [-0.25, -0.2) is 4.57 Å². The zero-order valence-electron chi connectivity index (χ0n) is 30.6. The number of fused-ring (bicyclic) bond motifs is 3. The van der Waals surface area contributed by atoms with Crippen LogP contribution in [0.25, 0.3) is 55.4 Å². The Balaban J connectivity index is 1.61. The summed E-state index contributed by atoms with van der Waals surface area (Å²) in [5.74, 6) is -1.89. The second-order valence-electron chi connectivity index (χ2n) is 11.5. The number of pyridine rings is 1. The van der Waals surface area contributed by atoms with Crippen LogP contribution in [0.15, 0.2) is 89.5 Å². The fourth-order valence-electron chi connectivity index (χ4n) is 5.89. The van der Waals surface area contributed by atoms with Crippen LogP contribution in [0, 0.1) is 20.7 Å². The van der Waals surface area contributed by atoms with Crippen LogP contribution in [0.5, 0.6) is 0 Å². The Kier molecular flexibility index (Phi) is 5.21. The first-order valence-electron chi connectivity index (χ1n) is 17.2. The van der Waals surface area contributed by atoms with Gasteiger partial charge in [0, 0.05) is 30.6 Å². The molecule has 0 radical (unpaired) electrons. The van der Waals surface area contributed by atoms with Crippen LogP contribution < -0.4 is 4.57 Å². The van der Waals surface area contributed by atoms with E-state index in [1.54, 1.807) is 16.8 Å². The van der Waals surface area contributed by atoms with E-state index in [4.69, 9.17) is 9.90 Å². The minimum atomic E-state index is -2.32. The average Bonchev–Trinajstić information content (AvgIpc) is 3.37. The molecule has 2 nitrogen and oxygen atoms in total. The van der Waals surface area contributed by atoms with Gasteiger partial charge in [0.1, 0.15) is 18.2 Å². The second kappa shape index (κ2) is 10.3. The van der Waals surface area contributed by atoms with Crippen molar-refractivity contribution in [1.82, 2.24) is 0 Å². The molecule has 0 fully saturated rings. The van der Waals surface area contributed by atoms with Crippen molar-refractivity contribution in [1.29, 1.82) is 0 Å². The Morgan fingerprint density at radius 1 is 0.707 bits per heavy atom. The number of aryl methyl sites for hydroxylation is 4. The van der Waals surface area contributed by atoms with Crippen molar-refractivity contribution < 1.29 is 17.2 Å². The van der Waals surface area contributed by atoms with E-state index in [1.165, 1.54) is 0 Å². The Hall–Kier alpha value is -4.17. The molecule has 0 N–H and O–H groups in total. The molecule has 0 unspecified atom stereocenters. The van der Waals surface area contributed by atoms with Gasteiger partial charge in [-0.2, -0.15) is 0 Å². The minimum Gasteiger partial charge on any atom is -0.455 e. The molecule has 2 aromatic heterocycles. The predicted octanol–water partition coefficient (Wildman–Crippen LogP) is 10.6. The summed E-state index contributed by atoms with van der Waals surface area (Å²) in [5.41, 5.74) is 10.0. The standard InChI is InChI=1S/C39H40NO/c1-23(2)33-19-30(28-12-10-9-11-13-28)20-34(24(3)4)38(33)29-15-17-31-32-16-14-25(5)37(39(32)41-36(31)21-29)35-18-26(6)27(7)22-40(35)8/h9-24H,1-8H3/q+1/i6D,7D3,23D,24D. The summed E-state index contributed by atoms with van der Waals surface area (Å²) < 4.78 is 58.9. The Labute approximate surface area is 252 Å². The van der Waals surface area contributed by atoms with Crippen LogP contribution in [0.4, 0.5) is 0 Å². The molecule has 0 atom stereocenters. The molecule has 0 amide bonds. The van der Waals surface area contributed by atoms with Crippen LogP contribution in [0.3, 0.4) is 0 Å². The molecule has 6 rings (SSSR count). The van der Waals surface area contributed by atoms with E-state index < -0.39 is 18.6 Å². The highest BCUT2D eigenvalue weighted by molar-refractivity contribution is 6.10. The van der Waals surface area contributed by atoms with Gasteiger partial charge in [0.15, 0.2) is 6.20 Å². The Bertz CT molecular complexity index is 2110. The van der Waals surface area contributed by atoms with Crippen molar-refractivity contribution in [2.24, 2.45) is 7.05 Å². The lowest BCUT2D eigenvalue weighted by molar-refractivity contribution is -0.660. The minimum absolute atomic E-state index is 0.146. The second-order valence-corrected chi connectivity index (χ2v) is 11.5. The van der Waals surface area contributed by atoms with E-state index in [0.717, 1.165) is 61.0 Å². The fourth-order valence-corrected chi connectivity index (χ4v) is 5.89. The van der Waals surface area contributed by atoms with Crippen molar-refractivity contribution in [2.75, 3.05) is 0 Å². The summed E-state index contributed by atoms with van der Waals surface area (Å²) in [6.45, 7) is 7.09. The maximum Gasteiger partial charge on any atom is 0.216 e. The quantitative estimate of drug-likeness (QED) is 0.197. The molecular formula is C39H40NO+. The third-order valence-corrected chi connectivity index (χ3v) is 8.08. The number of rotatable bonds is 5. The number of hydrogen-bond acceptors (Lipinski definition) is 1. The number of hydrogen-bond donors (Lipinski definition) is 0.